The summed E-state index contributed by atoms with van der Waals surface area (Å²) in [5.74, 6) is -0.740. The number of rotatable bonds is 10. The number of anilines is 4. The van der Waals surface area contributed by atoms with Crippen LogP contribution in [0.3, 0.4) is 0 Å². The quantitative estimate of drug-likeness (QED) is 0.128. The number of para-hydroxylation sites is 1. The van der Waals surface area contributed by atoms with Crippen LogP contribution in [0.4, 0.5) is 27.3 Å². The van der Waals surface area contributed by atoms with Crippen molar-refractivity contribution in [3.8, 4) is 11.3 Å². The van der Waals surface area contributed by atoms with Gasteiger partial charge in [-0.3, -0.25) is 34.1 Å². The predicted octanol–water partition coefficient (Wildman–Crippen LogP) is 9.33. The van der Waals surface area contributed by atoms with Crippen LogP contribution >= 0.6 is 0 Å². The number of imidazole rings is 1. The molecule has 1 atom stereocenters. The first-order chi connectivity index (χ1) is 39.3. The molecule has 4 saturated heterocycles. The fourth-order valence-electron chi connectivity index (χ4n) is 15.2. The van der Waals surface area contributed by atoms with E-state index in [0.717, 1.165) is 83.4 Å². The second-order valence-electron chi connectivity index (χ2n) is 24.9. The number of hydrogen-bond donors (Lipinski definition) is 2. The van der Waals surface area contributed by atoms with E-state index in [0.29, 0.717) is 120 Å². The Morgan fingerprint density at radius 1 is 0.704 bits per heavy atom. The maximum Gasteiger partial charge on any atom is 0.238 e. The topological polar surface area (TPSA) is 173 Å². The largest absolute Gasteiger partial charge is 0.342 e. The number of halogens is 1. The molecule has 0 radical (unpaired) electrons. The fourth-order valence-corrected chi connectivity index (χ4v) is 15.2. The Bertz CT molecular complexity index is 3300. The monoisotopic (exact) mass is 1100 g/mol. The number of aromatic nitrogens is 3. The lowest BCUT2D eigenvalue weighted by molar-refractivity contribution is -0.145. The van der Waals surface area contributed by atoms with Gasteiger partial charge in [-0.05, 0) is 170 Å². The SMILES string of the molecule is CC(C)n1cnc2cc(-c3ccc4c(c3)N([C@H]3C[C@@H](N5CCCCC5)C3)C(=O)C43CCN(C(=O)C4CCN(C(=O)[C@H]5CC[C@H](C(=O)N6CCCc7cc(C8CCC(=O)NC8=O)ccc76)CC5)CC4)CC3)nc(Nc3ccccc3F)c21. The van der Waals surface area contributed by atoms with Gasteiger partial charge < -0.3 is 34.4 Å². The molecule has 81 heavy (non-hydrogen) atoms. The number of piperidine rings is 4. The van der Waals surface area contributed by atoms with Crippen molar-refractivity contribution in [2.75, 3.05) is 60.9 Å². The summed E-state index contributed by atoms with van der Waals surface area (Å²) in [6.07, 6.45) is 14.7. The molecule has 8 aliphatic rings. The Kier molecular flexibility index (Phi) is 14.3. The average Bonchev–Trinajstić information content (AvgIpc) is 4.25. The summed E-state index contributed by atoms with van der Waals surface area (Å²) < 4.78 is 17.2. The highest BCUT2D eigenvalue weighted by molar-refractivity contribution is 6.10. The molecular formula is C64H75FN10O6. The molecule has 16 nitrogen and oxygen atoms in total. The zero-order chi connectivity index (χ0) is 55.7. The Hall–Kier alpha value is -7.01. The zero-order valence-corrected chi connectivity index (χ0v) is 46.8. The molecule has 2 aromatic heterocycles. The molecule has 2 aliphatic carbocycles. The van der Waals surface area contributed by atoms with Crippen LogP contribution in [0, 0.1) is 23.6 Å². The van der Waals surface area contributed by atoms with E-state index in [-0.39, 0.29) is 77.0 Å². The fraction of sp³-hybridized carbons (Fsp3) is 0.531. The number of hydrogen-bond acceptors (Lipinski definition) is 10. The molecule has 2 saturated carbocycles. The van der Waals surface area contributed by atoms with Crippen LogP contribution in [0.2, 0.25) is 0 Å². The van der Waals surface area contributed by atoms with Gasteiger partial charge in [0.05, 0.1) is 34.6 Å². The van der Waals surface area contributed by atoms with E-state index in [2.05, 4.69) is 52.5 Å². The number of nitrogens with one attached hydrogen (secondary N) is 2. The van der Waals surface area contributed by atoms with Crippen LogP contribution in [-0.4, -0.2) is 123 Å². The summed E-state index contributed by atoms with van der Waals surface area (Å²) in [6.45, 7) is 9.05. The summed E-state index contributed by atoms with van der Waals surface area (Å²) in [5.41, 5.74) is 7.37. The van der Waals surface area contributed by atoms with Gasteiger partial charge in [0, 0.05) is 92.0 Å². The molecule has 6 amide bonds. The van der Waals surface area contributed by atoms with Crippen LogP contribution in [0.25, 0.3) is 22.3 Å². The number of pyridine rings is 1. The molecule has 6 fully saturated rings. The van der Waals surface area contributed by atoms with Crippen molar-refractivity contribution in [2.45, 2.75) is 152 Å². The third-order valence-electron chi connectivity index (χ3n) is 19.9. The average molecular weight is 1100 g/mol. The van der Waals surface area contributed by atoms with Crippen LogP contribution in [0.5, 0.6) is 0 Å². The number of aryl methyl sites for hydroxylation is 1. The van der Waals surface area contributed by atoms with Gasteiger partial charge in [0.15, 0.2) is 5.82 Å². The number of imide groups is 1. The summed E-state index contributed by atoms with van der Waals surface area (Å²) in [4.78, 5) is 103. The molecule has 13 rings (SSSR count). The van der Waals surface area contributed by atoms with E-state index < -0.39 is 5.41 Å². The molecule has 6 aliphatic heterocycles. The molecule has 2 N–H and O–H groups in total. The summed E-state index contributed by atoms with van der Waals surface area (Å²) in [5, 5.41) is 5.75. The van der Waals surface area contributed by atoms with E-state index in [1.807, 2.05) is 43.5 Å². The molecule has 1 spiro atoms. The first-order valence-corrected chi connectivity index (χ1v) is 30.3. The summed E-state index contributed by atoms with van der Waals surface area (Å²) in [7, 11) is 0. The van der Waals surface area contributed by atoms with Crippen molar-refractivity contribution in [3.63, 3.8) is 0 Å². The van der Waals surface area contributed by atoms with E-state index >= 15 is 9.18 Å². The number of nitrogens with zero attached hydrogens (tertiary/aromatic N) is 8. The minimum absolute atomic E-state index is 0.0708. The third-order valence-corrected chi connectivity index (χ3v) is 19.9. The normalized spacial score (nSPS) is 25.2. The van der Waals surface area contributed by atoms with Gasteiger partial charge in [-0.1, -0.05) is 42.8 Å². The van der Waals surface area contributed by atoms with Crippen LogP contribution in [0.15, 0.2) is 73.1 Å². The van der Waals surface area contributed by atoms with Crippen LogP contribution < -0.4 is 20.4 Å². The second-order valence-corrected chi connectivity index (χ2v) is 24.9. The van der Waals surface area contributed by atoms with Gasteiger partial charge in [-0.2, -0.15) is 0 Å². The minimum Gasteiger partial charge on any atom is -0.342 e. The number of carbonyl (C=O) groups excluding carboxylic acids is 6. The van der Waals surface area contributed by atoms with Crippen molar-refractivity contribution in [2.24, 2.45) is 17.8 Å². The third kappa shape index (κ3) is 9.77. The Morgan fingerprint density at radius 2 is 1.41 bits per heavy atom. The maximum atomic E-state index is 15.3. The zero-order valence-electron chi connectivity index (χ0n) is 46.8. The van der Waals surface area contributed by atoms with E-state index in [1.165, 1.54) is 25.3 Å². The second kappa shape index (κ2) is 21.7. The number of benzene rings is 3. The number of amides is 6. The lowest BCUT2D eigenvalue weighted by Crippen LogP contribution is -2.58. The lowest BCUT2D eigenvalue weighted by atomic mass is 9.73. The summed E-state index contributed by atoms with van der Waals surface area (Å²) >= 11 is 0. The van der Waals surface area contributed by atoms with Gasteiger partial charge in [0.25, 0.3) is 0 Å². The highest BCUT2D eigenvalue weighted by atomic mass is 19.1. The van der Waals surface area contributed by atoms with Gasteiger partial charge in [0.2, 0.25) is 35.4 Å². The van der Waals surface area contributed by atoms with Crippen molar-refractivity contribution in [3.05, 3.63) is 95.6 Å². The Morgan fingerprint density at radius 3 is 2.12 bits per heavy atom. The summed E-state index contributed by atoms with van der Waals surface area (Å²) in [6, 6.07) is 21.4. The van der Waals surface area contributed by atoms with E-state index in [1.54, 1.807) is 24.5 Å². The van der Waals surface area contributed by atoms with Crippen LogP contribution in [0.1, 0.15) is 145 Å². The molecule has 8 heterocycles. The highest BCUT2D eigenvalue weighted by Gasteiger charge is 2.56. The minimum atomic E-state index is -0.757. The van der Waals surface area contributed by atoms with Crippen LogP contribution in [-0.2, 0) is 40.6 Å². The molecule has 424 valence electrons. The maximum absolute atomic E-state index is 15.3. The first-order valence-electron chi connectivity index (χ1n) is 30.3. The molecule has 3 aromatic carbocycles. The molecule has 5 aromatic rings. The smallest absolute Gasteiger partial charge is 0.238 e. The van der Waals surface area contributed by atoms with E-state index in [4.69, 9.17) is 9.97 Å². The predicted molar refractivity (Wildman–Crippen MR) is 307 cm³/mol. The van der Waals surface area contributed by atoms with Crippen molar-refractivity contribution in [1.82, 2.24) is 34.6 Å². The lowest BCUT2D eigenvalue weighted by Gasteiger charge is -2.48. The molecule has 1 unspecified atom stereocenters. The first kappa shape index (κ1) is 53.3. The Balaban J connectivity index is 0.656. The van der Waals surface area contributed by atoms with Crippen molar-refractivity contribution >= 4 is 69.4 Å². The van der Waals surface area contributed by atoms with Gasteiger partial charge in [-0.15, -0.1) is 0 Å². The number of likely N-dealkylation sites (tertiary alicyclic amines) is 3. The Labute approximate surface area is 473 Å². The molecule has 0 bridgehead atoms. The highest BCUT2D eigenvalue weighted by Crippen LogP contribution is 2.53. The van der Waals surface area contributed by atoms with Gasteiger partial charge in [-0.25, -0.2) is 14.4 Å². The standard InChI is InChI=1S/C64H75FN10O6/c1-39(2)74-38-66-53-37-52(68-58(57(53)74)67-51-11-5-4-10-50(51)65)44-16-19-49-55(34-44)75(47-35-46(36-47)70-26-6-3-7-27-70)63(81)64(49)24-31-72(32-25-64)61(79)42-22-29-71(30-23-42)60(78)40-12-14-41(15-13-40)62(80)73-28-8-9-45-33-43(17-20-54(45)73)48-18-21-56(76)69-59(48)77/h4-5,10-11,16-17,19-20,33-34,37-42,46-48H,3,6-9,12-15,18,21-32,35-36H2,1-2H3,(H,67,68)(H,69,76,77)/t40-,41-,46-,47+,48?. The molecule has 17 heteroatoms. The number of fused-ring (bicyclic) bond motifs is 4. The van der Waals surface area contributed by atoms with Gasteiger partial charge >= 0.3 is 0 Å². The number of carbonyl (C=O) groups is 6. The van der Waals surface area contributed by atoms with Gasteiger partial charge in [0.1, 0.15) is 11.3 Å². The van der Waals surface area contributed by atoms with Crippen molar-refractivity contribution in [1.29, 1.82) is 0 Å². The van der Waals surface area contributed by atoms with E-state index in [9.17, 15) is 24.0 Å². The van der Waals surface area contributed by atoms with Crippen molar-refractivity contribution < 1.29 is 33.2 Å². The molecular weight excluding hydrogens is 1020 g/mol.